The first-order valence-corrected chi connectivity index (χ1v) is 11.2. The Morgan fingerprint density at radius 1 is 0.914 bits per heavy atom. The number of phenols is 1. The van der Waals surface area contributed by atoms with Gasteiger partial charge in [0.1, 0.15) is 11.5 Å². The van der Waals surface area contributed by atoms with Crippen molar-refractivity contribution >= 4 is 17.4 Å². The standard InChI is InChI=1S/C28H27NO6/c1-17-4-7-20(8-5-17)26(31)24-25(19-9-11-21(30)12-10-19)29(28(33)27(24)32)15-14-18-6-13-22(34-2)23(16-18)35-3/h4-13,16,25,30-31H,14-15H2,1-3H3/t25-/m1/s1. The van der Waals surface area contributed by atoms with Crippen LogP contribution in [-0.4, -0.2) is 47.6 Å². The molecule has 4 rings (SSSR count). The SMILES string of the molecule is COc1ccc(CCN2C(=O)C(=O)C(=C(O)c3ccc(C)cc3)[C@H]2c2ccc(O)cc2)cc1OC. The lowest BCUT2D eigenvalue weighted by atomic mass is 9.95. The van der Waals surface area contributed by atoms with E-state index in [1.807, 2.05) is 31.2 Å². The van der Waals surface area contributed by atoms with Crippen LogP contribution in [0, 0.1) is 6.92 Å². The second-order valence-corrected chi connectivity index (χ2v) is 8.39. The van der Waals surface area contributed by atoms with Gasteiger partial charge in [-0.05, 0) is 48.7 Å². The number of rotatable bonds is 7. The Labute approximate surface area is 203 Å². The number of aliphatic hydroxyl groups excluding tert-OH is 1. The van der Waals surface area contributed by atoms with E-state index in [1.54, 1.807) is 44.6 Å². The van der Waals surface area contributed by atoms with E-state index in [9.17, 15) is 19.8 Å². The van der Waals surface area contributed by atoms with Crippen LogP contribution in [0.4, 0.5) is 0 Å². The monoisotopic (exact) mass is 473 g/mol. The summed E-state index contributed by atoms with van der Waals surface area (Å²) in [5.41, 5.74) is 3.00. The molecule has 7 heteroatoms. The summed E-state index contributed by atoms with van der Waals surface area (Å²) in [7, 11) is 3.11. The summed E-state index contributed by atoms with van der Waals surface area (Å²) < 4.78 is 10.7. The van der Waals surface area contributed by atoms with Crippen molar-refractivity contribution in [3.05, 3.63) is 94.6 Å². The van der Waals surface area contributed by atoms with Gasteiger partial charge < -0.3 is 24.6 Å². The fourth-order valence-electron chi connectivity index (χ4n) is 4.27. The topological polar surface area (TPSA) is 96.3 Å². The quantitative estimate of drug-likeness (QED) is 0.300. The number of benzene rings is 3. The number of hydrogen-bond acceptors (Lipinski definition) is 6. The molecular formula is C28H27NO6. The number of hydrogen-bond donors (Lipinski definition) is 2. The third-order valence-electron chi connectivity index (χ3n) is 6.16. The minimum Gasteiger partial charge on any atom is -0.508 e. The number of phenolic OH excluding ortho intramolecular Hbond substituents is 1. The van der Waals surface area contributed by atoms with E-state index in [-0.39, 0.29) is 23.6 Å². The number of aliphatic hydroxyl groups is 1. The summed E-state index contributed by atoms with van der Waals surface area (Å²) >= 11 is 0. The van der Waals surface area contributed by atoms with Crippen molar-refractivity contribution in [3.63, 3.8) is 0 Å². The lowest BCUT2D eigenvalue weighted by molar-refractivity contribution is -0.139. The summed E-state index contributed by atoms with van der Waals surface area (Å²) in [5, 5.41) is 20.9. The van der Waals surface area contributed by atoms with Crippen LogP contribution in [0.2, 0.25) is 0 Å². The Balaban J connectivity index is 1.73. The van der Waals surface area contributed by atoms with Crippen molar-refractivity contribution in [2.75, 3.05) is 20.8 Å². The highest BCUT2D eigenvalue weighted by molar-refractivity contribution is 6.46. The van der Waals surface area contributed by atoms with Crippen LogP contribution in [0.5, 0.6) is 17.2 Å². The molecule has 7 nitrogen and oxygen atoms in total. The van der Waals surface area contributed by atoms with Gasteiger partial charge in [-0.3, -0.25) is 9.59 Å². The molecule has 1 saturated heterocycles. The lowest BCUT2D eigenvalue weighted by Crippen LogP contribution is -2.31. The lowest BCUT2D eigenvalue weighted by Gasteiger charge is -2.25. The molecule has 0 aliphatic carbocycles. The number of ether oxygens (including phenoxy) is 2. The second kappa shape index (κ2) is 9.93. The number of ketones is 1. The van der Waals surface area contributed by atoms with Crippen molar-refractivity contribution in [3.8, 4) is 17.2 Å². The highest BCUT2D eigenvalue weighted by Crippen LogP contribution is 2.40. The Morgan fingerprint density at radius 2 is 1.57 bits per heavy atom. The molecule has 1 atom stereocenters. The molecule has 0 radical (unpaired) electrons. The molecule has 2 N–H and O–H groups in total. The second-order valence-electron chi connectivity index (χ2n) is 8.39. The minimum absolute atomic E-state index is 0.0249. The van der Waals surface area contributed by atoms with Crippen LogP contribution in [0.3, 0.4) is 0 Å². The smallest absolute Gasteiger partial charge is 0.295 e. The zero-order chi connectivity index (χ0) is 25.1. The van der Waals surface area contributed by atoms with Gasteiger partial charge in [-0.2, -0.15) is 0 Å². The van der Waals surface area contributed by atoms with Gasteiger partial charge in [0, 0.05) is 12.1 Å². The van der Waals surface area contributed by atoms with E-state index in [1.165, 1.54) is 17.0 Å². The van der Waals surface area contributed by atoms with E-state index in [4.69, 9.17) is 9.47 Å². The number of nitrogens with zero attached hydrogens (tertiary/aromatic N) is 1. The number of carbonyl (C=O) groups is 2. The van der Waals surface area contributed by atoms with Crippen molar-refractivity contribution in [2.24, 2.45) is 0 Å². The van der Waals surface area contributed by atoms with E-state index < -0.39 is 17.7 Å². The number of likely N-dealkylation sites (tertiary alicyclic amines) is 1. The van der Waals surface area contributed by atoms with Gasteiger partial charge in [0.2, 0.25) is 0 Å². The normalized spacial score (nSPS) is 17.0. The van der Waals surface area contributed by atoms with E-state index in [0.29, 0.717) is 29.0 Å². The van der Waals surface area contributed by atoms with Gasteiger partial charge in [0.05, 0.1) is 25.8 Å². The van der Waals surface area contributed by atoms with Gasteiger partial charge in [0.15, 0.2) is 11.5 Å². The van der Waals surface area contributed by atoms with Crippen molar-refractivity contribution in [1.29, 1.82) is 0 Å². The van der Waals surface area contributed by atoms with Crippen LogP contribution >= 0.6 is 0 Å². The number of aryl methyl sites for hydroxylation is 1. The van der Waals surface area contributed by atoms with Gasteiger partial charge in [-0.15, -0.1) is 0 Å². The number of carbonyl (C=O) groups excluding carboxylic acids is 2. The third kappa shape index (κ3) is 4.71. The molecule has 1 heterocycles. The fraction of sp³-hybridized carbons (Fsp3) is 0.214. The number of Topliss-reactive ketones (excluding diaryl/α,β-unsaturated/α-hetero) is 1. The Kier molecular flexibility index (Phi) is 6.78. The molecule has 3 aromatic carbocycles. The van der Waals surface area contributed by atoms with E-state index in [0.717, 1.165) is 11.1 Å². The third-order valence-corrected chi connectivity index (χ3v) is 6.16. The van der Waals surface area contributed by atoms with Gasteiger partial charge in [0.25, 0.3) is 11.7 Å². The molecule has 1 amide bonds. The Morgan fingerprint density at radius 3 is 2.20 bits per heavy atom. The molecule has 35 heavy (non-hydrogen) atoms. The molecule has 0 spiro atoms. The van der Waals surface area contributed by atoms with Crippen LogP contribution < -0.4 is 9.47 Å². The molecular weight excluding hydrogens is 446 g/mol. The van der Waals surface area contributed by atoms with E-state index >= 15 is 0 Å². The molecule has 1 fully saturated rings. The maximum Gasteiger partial charge on any atom is 0.295 e. The first kappa shape index (κ1) is 23.9. The Hall–Kier alpha value is -4.26. The van der Waals surface area contributed by atoms with Crippen LogP contribution in [0.1, 0.15) is 28.3 Å². The minimum atomic E-state index is -0.794. The summed E-state index contributed by atoms with van der Waals surface area (Å²) in [5.74, 6) is -0.421. The molecule has 1 aliphatic rings. The van der Waals surface area contributed by atoms with Gasteiger partial charge in [-0.25, -0.2) is 0 Å². The molecule has 0 unspecified atom stereocenters. The largest absolute Gasteiger partial charge is 0.508 e. The van der Waals surface area contributed by atoms with Crippen LogP contribution in [-0.2, 0) is 16.0 Å². The van der Waals surface area contributed by atoms with Crippen molar-refractivity contribution in [2.45, 2.75) is 19.4 Å². The molecule has 0 saturated carbocycles. The molecule has 3 aromatic rings. The summed E-state index contributed by atoms with van der Waals surface area (Å²) in [6.07, 6.45) is 0.451. The number of aromatic hydroxyl groups is 1. The predicted molar refractivity (Wildman–Crippen MR) is 132 cm³/mol. The molecule has 180 valence electrons. The maximum absolute atomic E-state index is 13.1. The fourth-order valence-corrected chi connectivity index (χ4v) is 4.27. The first-order chi connectivity index (χ1) is 16.8. The first-order valence-electron chi connectivity index (χ1n) is 11.2. The van der Waals surface area contributed by atoms with Crippen LogP contribution in [0.25, 0.3) is 5.76 Å². The molecule has 1 aliphatic heterocycles. The van der Waals surface area contributed by atoms with Crippen molar-refractivity contribution in [1.82, 2.24) is 4.90 Å². The number of amides is 1. The van der Waals surface area contributed by atoms with Crippen molar-refractivity contribution < 1.29 is 29.3 Å². The van der Waals surface area contributed by atoms with E-state index in [2.05, 4.69) is 0 Å². The zero-order valence-corrected chi connectivity index (χ0v) is 19.8. The molecule has 0 aromatic heterocycles. The highest BCUT2D eigenvalue weighted by atomic mass is 16.5. The average molecular weight is 474 g/mol. The summed E-state index contributed by atoms with van der Waals surface area (Å²) in [6.45, 7) is 2.16. The van der Waals surface area contributed by atoms with Gasteiger partial charge >= 0.3 is 0 Å². The Bertz CT molecular complexity index is 1280. The maximum atomic E-state index is 13.1. The van der Waals surface area contributed by atoms with Gasteiger partial charge in [-0.1, -0.05) is 48.0 Å². The summed E-state index contributed by atoms with van der Waals surface area (Å²) in [4.78, 5) is 27.7. The highest BCUT2D eigenvalue weighted by Gasteiger charge is 2.45. The zero-order valence-electron chi connectivity index (χ0n) is 19.8. The molecule has 0 bridgehead atoms. The average Bonchev–Trinajstić information content (AvgIpc) is 3.12. The number of methoxy groups -OCH3 is 2. The predicted octanol–water partition coefficient (Wildman–Crippen LogP) is 4.38. The van der Waals surface area contributed by atoms with Crippen LogP contribution in [0.15, 0.2) is 72.3 Å². The summed E-state index contributed by atoms with van der Waals surface area (Å²) in [6, 6.07) is 18.1.